The van der Waals surface area contributed by atoms with Gasteiger partial charge < -0.3 is 10.2 Å². The molecule has 1 aliphatic rings. The maximum atomic E-state index is 12.8. The summed E-state index contributed by atoms with van der Waals surface area (Å²) in [6.07, 6.45) is 5.17. The second-order valence-electron chi connectivity index (χ2n) is 10.5. The molecule has 2 atom stereocenters. The van der Waals surface area contributed by atoms with Crippen molar-refractivity contribution < 1.29 is 4.79 Å². The van der Waals surface area contributed by atoms with E-state index in [1.165, 1.54) is 11.1 Å². The third-order valence-corrected chi connectivity index (χ3v) is 6.74. The number of nitrogens with zero attached hydrogens (tertiary/aromatic N) is 3. The van der Waals surface area contributed by atoms with Gasteiger partial charge in [0.25, 0.3) is 5.91 Å². The molecule has 0 spiro atoms. The molecule has 1 aliphatic carbocycles. The number of aryl methyl sites for hydroxylation is 1. The number of carbonyl (C=O) groups is 1. The molecule has 0 unspecified atom stereocenters. The van der Waals surface area contributed by atoms with E-state index in [9.17, 15) is 4.79 Å². The van der Waals surface area contributed by atoms with Crippen LogP contribution in [-0.2, 0) is 5.41 Å². The zero-order valence-corrected chi connectivity index (χ0v) is 21.4. The molecular weight excluding hydrogens is 420 g/mol. The molecule has 1 heterocycles. The van der Waals surface area contributed by atoms with Crippen LogP contribution < -0.4 is 10.2 Å². The highest BCUT2D eigenvalue weighted by Crippen LogP contribution is 2.34. The summed E-state index contributed by atoms with van der Waals surface area (Å²) in [6.45, 7) is 10.9. The number of benzene rings is 2. The van der Waals surface area contributed by atoms with Crippen molar-refractivity contribution in [2.24, 2.45) is 0 Å². The number of anilines is 1. The molecule has 0 saturated carbocycles. The van der Waals surface area contributed by atoms with Gasteiger partial charge in [-0.25, -0.2) is 4.68 Å². The number of carbonyl (C=O) groups excluding carboxylic acids is 1. The summed E-state index contributed by atoms with van der Waals surface area (Å²) in [5, 5.41) is 8.04. The molecule has 0 saturated heterocycles. The lowest BCUT2D eigenvalue weighted by Gasteiger charge is -2.19. The highest BCUT2D eigenvalue weighted by Gasteiger charge is 2.27. The molecule has 0 radical (unpaired) electrons. The Labute approximate surface area is 203 Å². The lowest BCUT2D eigenvalue weighted by Crippen LogP contribution is -2.32. The second kappa shape index (κ2) is 9.13. The molecule has 34 heavy (non-hydrogen) atoms. The predicted octanol–water partition coefficient (Wildman–Crippen LogP) is 5.69. The smallest absolute Gasteiger partial charge is 0.251 e. The van der Waals surface area contributed by atoms with E-state index in [0.29, 0.717) is 5.56 Å². The van der Waals surface area contributed by atoms with E-state index in [1.54, 1.807) is 0 Å². The topological polar surface area (TPSA) is 50.2 Å². The fraction of sp³-hybridized carbons (Fsp3) is 0.379. The lowest BCUT2D eigenvalue weighted by atomic mass is 9.87. The van der Waals surface area contributed by atoms with E-state index in [-0.39, 0.29) is 23.3 Å². The van der Waals surface area contributed by atoms with Gasteiger partial charge in [-0.1, -0.05) is 45.1 Å². The molecule has 2 aromatic carbocycles. The van der Waals surface area contributed by atoms with Gasteiger partial charge in [0.2, 0.25) is 0 Å². The van der Waals surface area contributed by atoms with Crippen molar-refractivity contribution in [2.75, 3.05) is 19.0 Å². The first-order valence-corrected chi connectivity index (χ1v) is 12.0. The minimum atomic E-state index is -0.0383. The standard InChI is InChI=1S/C29H36N4O/c1-19-27(20(2)33(31-19)26-16-11-23(12-17-26)29(3,4)5)22-8-13-24(18-22)30-28(34)21-9-14-25(15-10-21)32(6)7/h8-17,22,24H,18H2,1-7H3,(H,30,34)/t22-,24+/m0/s1. The van der Waals surface area contributed by atoms with Gasteiger partial charge in [-0.05, 0) is 67.6 Å². The van der Waals surface area contributed by atoms with Crippen LogP contribution in [0, 0.1) is 13.8 Å². The van der Waals surface area contributed by atoms with Crippen LogP contribution in [0.5, 0.6) is 0 Å². The van der Waals surface area contributed by atoms with Gasteiger partial charge in [0.05, 0.1) is 11.4 Å². The van der Waals surface area contributed by atoms with Gasteiger partial charge in [-0.2, -0.15) is 5.10 Å². The molecule has 4 rings (SSSR count). The summed E-state index contributed by atoms with van der Waals surface area (Å²) in [4.78, 5) is 14.8. The van der Waals surface area contributed by atoms with Crippen LogP contribution in [0.4, 0.5) is 5.69 Å². The van der Waals surface area contributed by atoms with Crippen molar-refractivity contribution in [3.05, 3.63) is 88.8 Å². The number of rotatable bonds is 5. The second-order valence-corrected chi connectivity index (χ2v) is 10.5. The number of hydrogen-bond donors (Lipinski definition) is 1. The zero-order valence-electron chi connectivity index (χ0n) is 21.4. The Balaban J connectivity index is 1.46. The molecule has 1 aromatic heterocycles. The highest BCUT2D eigenvalue weighted by molar-refractivity contribution is 5.94. The first-order valence-electron chi connectivity index (χ1n) is 12.0. The largest absolute Gasteiger partial charge is 0.378 e. The Kier molecular flexibility index (Phi) is 6.39. The van der Waals surface area contributed by atoms with E-state index in [0.717, 1.165) is 29.2 Å². The van der Waals surface area contributed by atoms with Crippen LogP contribution in [0.15, 0.2) is 60.7 Å². The van der Waals surface area contributed by atoms with Crippen LogP contribution in [-0.4, -0.2) is 35.8 Å². The Morgan fingerprint density at radius 3 is 2.24 bits per heavy atom. The quantitative estimate of drug-likeness (QED) is 0.502. The van der Waals surface area contributed by atoms with Crippen molar-refractivity contribution in [1.29, 1.82) is 0 Å². The molecule has 178 valence electrons. The molecule has 0 aliphatic heterocycles. The van der Waals surface area contributed by atoms with Crippen molar-refractivity contribution in [3.63, 3.8) is 0 Å². The van der Waals surface area contributed by atoms with E-state index >= 15 is 0 Å². The molecule has 1 N–H and O–H groups in total. The highest BCUT2D eigenvalue weighted by atomic mass is 16.1. The Morgan fingerprint density at radius 1 is 1.00 bits per heavy atom. The lowest BCUT2D eigenvalue weighted by molar-refractivity contribution is 0.0944. The SMILES string of the molecule is Cc1nn(-c2ccc(C(C)(C)C)cc2)c(C)c1[C@H]1C=C[C@@H](NC(=O)c2ccc(N(C)C)cc2)C1. The van der Waals surface area contributed by atoms with Gasteiger partial charge >= 0.3 is 0 Å². The van der Waals surface area contributed by atoms with Gasteiger partial charge in [-0.15, -0.1) is 0 Å². The molecule has 1 amide bonds. The average Bonchev–Trinajstić information content (AvgIpc) is 3.36. The van der Waals surface area contributed by atoms with Crippen molar-refractivity contribution in [1.82, 2.24) is 15.1 Å². The Morgan fingerprint density at radius 2 is 1.65 bits per heavy atom. The first kappa shape index (κ1) is 23.8. The van der Waals surface area contributed by atoms with Gasteiger partial charge in [0.15, 0.2) is 0 Å². The Hall–Kier alpha value is -3.34. The summed E-state index contributed by atoms with van der Waals surface area (Å²) in [5.41, 5.74) is 7.72. The summed E-state index contributed by atoms with van der Waals surface area (Å²) < 4.78 is 2.04. The predicted molar refractivity (Wildman–Crippen MR) is 140 cm³/mol. The van der Waals surface area contributed by atoms with Crippen molar-refractivity contribution >= 4 is 11.6 Å². The summed E-state index contributed by atoms with van der Waals surface area (Å²) >= 11 is 0. The van der Waals surface area contributed by atoms with E-state index in [1.807, 2.05) is 47.9 Å². The summed E-state index contributed by atoms with van der Waals surface area (Å²) in [6, 6.07) is 16.4. The third-order valence-electron chi connectivity index (χ3n) is 6.74. The molecule has 3 aromatic rings. The molecule has 5 nitrogen and oxygen atoms in total. The Bertz CT molecular complexity index is 1190. The minimum absolute atomic E-state index is 0.0132. The normalized spacial score (nSPS) is 17.7. The maximum Gasteiger partial charge on any atom is 0.251 e. The van der Waals surface area contributed by atoms with Crippen LogP contribution in [0.2, 0.25) is 0 Å². The molecule has 0 fully saturated rings. The monoisotopic (exact) mass is 456 g/mol. The fourth-order valence-corrected chi connectivity index (χ4v) is 4.73. The maximum absolute atomic E-state index is 12.8. The van der Waals surface area contributed by atoms with Crippen molar-refractivity contribution in [3.8, 4) is 5.69 Å². The fourth-order valence-electron chi connectivity index (χ4n) is 4.73. The average molecular weight is 457 g/mol. The van der Waals surface area contributed by atoms with E-state index < -0.39 is 0 Å². The molecule has 5 heteroatoms. The summed E-state index contributed by atoms with van der Waals surface area (Å²) in [7, 11) is 3.98. The first-order chi connectivity index (χ1) is 16.0. The summed E-state index contributed by atoms with van der Waals surface area (Å²) in [5.74, 6) is 0.202. The van der Waals surface area contributed by atoms with Crippen LogP contribution in [0.3, 0.4) is 0 Å². The number of hydrogen-bond acceptors (Lipinski definition) is 3. The number of allylic oxidation sites excluding steroid dienone is 1. The molecular formula is C29H36N4O. The van der Waals surface area contributed by atoms with Crippen LogP contribution in [0.25, 0.3) is 5.69 Å². The number of nitrogens with one attached hydrogen (secondary N) is 1. The van der Waals surface area contributed by atoms with E-state index in [2.05, 4.69) is 76.4 Å². The number of aromatic nitrogens is 2. The molecule has 0 bridgehead atoms. The van der Waals surface area contributed by atoms with Crippen molar-refractivity contribution in [2.45, 2.75) is 58.4 Å². The van der Waals surface area contributed by atoms with Gasteiger partial charge in [-0.3, -0.25) is 4.79 Å². The minimum Gasteiger partial charge on any atom is -0.378 e. The third kappa shape index (κ3) is 4.79. The van der Waals surface area contributed by atoms with Crippen LogP contribution in [0.1, 0.15) is 66.0 Å². The zero-order chi connectivity index (χ0) is 24.6. The van der Waals surface area contributed by atoms with Gasteiger partial charge in [0.1, 0.15) is 0 Å². The van der Waals surface area contributed by atoms with Gasteiger partial charge in [0, 0.05) is 48.6 Å². The van der Waals surface area contributed by atoms with Crippen LogP contribution >= 0.6 is 0 Å². The van der Waals surface area contributed by atoms with E-state index in [4.69, 9.17) is 5.10 Å². The number of amides is 1.